The number of carbonyl (C=O) groups excluding carboxylic acids is 1. The van der Waals surface area contributed by atoms with Gasteiger partial charge in [0, 0.05) is 11.1 Å². The normalized spacial score (nSPS) is 24.5. The van der Waals surface area contributed by atoms with Crippen LogP contribution in [0.1, 0.15) is 45.8 Å². The average Bonchev–Trinajstić information content (AvgIpc) is 2.75. The highest BCUT2D eigenvalue weighted by Crippen LogP contribution is 2.31. The van der Waals surface area contributed by atoms with Crippen LogP contribution in [0.15, 0.2) is 24.3 Å². The number of nitrogens with zero attached hydrogens (tertiary/aromatic N) is 1. The van der Waals surface area contributed by atoms with Crippen molar-refractivity contribution in [3.05, 3.63) is 34.9 Å². The quantitative estimate of drug-likeness (QED) is 0.920. The zero-order chi connectivity index (χ0) is 14.9. The molecule has 0 saturated carbocycles. The Balaban J connectivity index is 2.36. The number of amides is 1. The predicted molar refractivity (Wildman–Crippen MR) is 82.6 cm³/mol. The number of hydrogen-bond donors (Lipinski definition) is 1. The maximum Gasteiger partial charge on any atom is 0.241 e. The largest absolute Gasteiger partial charge is 0.319 e. The highest BCUT2D eigenvalue weighted by atomic mass is 35.5. The van der Waals surface area contributed by atoms with Crippen molar-refractivity contribution in [2.45, 2.75) is 52.4 Å². The zero-order valence-corrected chi connectivity index (χ0v) is 13.3. The fourth-order valence-electron chi connectivity index (χ4n) is 2.69. The standard InChI is InChI=1S/C16H23ClN2O/c1-5-11(4)19-15(12-7-6-8-13(17)9-12)18-14(10(2)3)16(19)20/h6-11,14-15,18H,5H2,1-4H3. The molecule has 2 rings (SSSR count). The summed E-state index contributed by atoms with van der Waals surface area (Å²) < 4.78 is 0. The van der Waals surface area contributed by atoms with Gasteiger partial charge in [-0.3, -0.25) is 10.1 Å². The zero-order valence-electron chi connectivity index (χ0n) is 12.6. The fourth-order valence-corrected chi connectivity index (χ4v) is 2.89. The van der Waals surface area contributed by atoms with E-state index in [-0.39, 0.29) is 30.1 Å². The molecular formula is C16H23ClN2O. The predicted octanol–water partition coefficient (Wildman–Crippen LogP) is 3.59. The minimum atomic E-state index is -0.118. The van der Waals surface area contributed by atoms with Crippen LogP contribution in [0.25, 0.3) is 0 Å². The lowest BCUT2D eigenvalue weighted by atomic mass is 10.0. The molecule has 1 aliphatic heterocycles. The first-order chi connectivity index (χ1) is 9.45. The van der Waals surface area contributed by atoms with Crippen molar-refractivity contribution in [1.82, 2.24) is 10.2 Å². The summed E-state index contributed by atoms with van der Waals surface area (Å²) in [6.45, 7) is 8.35. The first-order valence-electron chi connectivity index (χ1n) is 7.29. The van der Waals surface area contributed by atoms with E-state index in [4.69, 9.17) is 11.6 Å². The first-order valence-corrected chi connectivity index (χ1v) is 7.67. The smallest absolute Gasteiger partial charge is 0.241 e. The number of benzene rings is 1. The molecule has 0 bridgehead atoms. The van der Waals surface area contributed by atoms with E-state index < -0.39 is 0 Å². The van der Waals surface area contributed by atoms with Crippen LogP contribution in [-0.4, -0.2) is 22.9 Å². The average molecular weight is 295 g/mol. The topological polar surface area (TPSA) is 32.3 Å². The van der Waals surface area contributed by atoms with E-state index in [2.05, 4.69) is 33.0 Å². The third-order valence-corrected chi connectivity index (χ3v) is 4.27. The molecule has 1 N–H and O–H groups in total. The molecule has 0 spiro atoms. The third kappa shape index (κ3) is 2.84. The van der Waals surface area contributed by atoms with Crippen molar-refractivity contribution in [3.63, 3.8) is 0 Å². The summed E-state index contributed by atoms with van der Waals surface area (Å²) in [4.78, 5) is 14.6. The molecule has 1 saturated heterocycles. The molecule has 1 amide bonds. The van der Waals surface area contributed by atoms with Gasteiger partial charge in [0.15, 0.2) is 0 Å². The Bertz CT molecular complexity index is 489. The molecule has 110 valence electrons. The lowest BCUT2D eigenvalue weighted by Crippen LogP contribution is -2.39. The summed E-state index contributed by atoms with van der Waals surface area (Å²) in [5.41, 5.74) is 1.05. The molecule has 3 unspecified atom stereocenters. The molecule has 1 fully saturated rings. The maximum atomic E-state index is 12.6. The third-order valence-electron chi connectivity index (χ3n) is 4.03. The second-order valence-electron chi connectivity index (χ2n) is 5.85. The highest BCUT2D eigenvalue weighted by molar-refractivity contribution is 6.30. The van der Waals surface area contributed by atoms with Crippen molar-refractivity contribution in [2.24, 2.45) is 5.92 Å². The van der Waals surface area contributed by atoms with Crippen LogP contribution in [-0.2, 0) is 4.79 Å². The van der Waals surface area contributed by atoms with Gasteiger partial charge in [-0.1, -0.05) is 44.5 Å². The van der Waals surface area contributed by atoms with E-state index in [9.17, 15) is 4.79 Å². The Morgan fingerprint density at radius 1 is 1.35 bits per heavy atom. The Morgan fingerprint density at radius 2 is 2.05 bits per heavy atom. The van der Waals surface area contributed by atoms with Crippen LogP contribution in [0.2, 0.25) is 5.02 Å². The molecule has 1 heterocycles. The second kappa shape index (κ2) is 6.15. The molecular weight excluding hydrogens is 272 g/mol. The van der Waals surface area contributed by atoms with E-state index in [1.165, 1.54) is 0 Å². The monoisotopic (exact) mass is 294 g/mol. The Kier molecular flexibility index (Phi) is 4.71. The van der Waals surface area contributed by atoms with E-state index in [0.717, 1.165) is 12.0 Å². The molecule has 4 heteroatoms. The van der Waals surface area contributed by atoms with Crippen LogP contribution >= 0.6 is 11.6 Å². The second-order valence-corrected chi connectivity index (χ2v) is 6.29. The summed E-state index contributed by atoms with van der Waals surface area (Å²) in [6.07, 6.45) is 0.860. The minimum Gasteiger partial charge on any atom is -0.319 e. The maximum absolute atomic E-state index is 12.6. The van der Waals surface area contributed by atoms with Crippen molar-refractivity contribution in [1.29, 1.82) is 0 Å². The van der Waals surface area contributed by atoms with Crippen molar-refractivity contribution in [3.8, 4) is 0 Å². The van der Waals surface area contributed by atoms with Crippen LogP contribution < -0.4 is 5.32 Å². The summed E-state index contributed by atoms with van der Waals surface area (Å²) in [6, 6.07) is 7.84. The molecule has 3 atom stereocenters. The lowest BCUT2D eigenvalue weighted by molar-refractivity contribution is -0.132. The van der Waals surface area contributed by atoms with Crippen LogP contribution in [0, 0.1) is 5.92 Å². The van der Waals surface area contributed by atoms with Gasteiger partial charge in [-0.25, -0.2) is 0 Å². The van der Waals surface area contributed by atoms with Crippen molar-refractivity contribution >= 4 is 17.5 Å². The first kappa shape index (κ1) is 15.3. The van der Waals surface area contributed by atoms with Crippen LogP contribution in [0.3, 0.4) is 0 Å². The number of nitrogens with one attached hydrogen (secondary N) is 1. The Morgan fingerprint density at radius 3 is 2.60 bits per heavy atom. The van der Waals surface area contributed by atoms with E-state index in [0.29, 0.717) is 5.02 Å². The summed E-state index contributed by atoms with van der Waals surface area (Å²) in [5.74, 6) is 0.470. The molecule has 1 aromatic carbocycles. The van der Waals surface area contributed by atoms with Crippen LogP contribution in [0.5, 0.6) is 0 Å². The lowest BCUT2D eigenvalue weighted by Gasteiger charge is -2.30. The molecule has 0 aromatic heterocycles. The molecule has 20 heavy (non-hydrogen) atoms. The number of hydrogen-bond acceptors (Lipinski definition) is 2. The van der Waals surface area contributed by atoms with Crippen LogP contribution in [0.4, 0.5) is 0 Å². The van der Waals surface area contributed by atoms with Gasteiger partial charge in [-0.2, -0.15) is 0 Å². The van der Waals surface area contributed by atoms with Crippen molar-refractivity contribution < 1.29 is 4.79 Å². The summed E-state index contributed by atoms with van der Waals surface area (Å²) in [7, 11) is 0. The molecule has 3 nitrogen and oxygen atoms in total. The summed E-state index contributed by atoms with van der Waals surface area (Å²) >= 11 is 6.09. The SMILES string of the molecule is CCC(C)N1C(=O)C(C(C)C)NC1c1cccc(Cl)c1. The van der Waals surface area contributed by atoms with Gasteiger partial charge >= 0.3 is 0 Å². The van der Waals surface area contributed by atoms with E-state index in [1.807, 2.05) is 29.2 Å². The number of carbonyl (C=O) groups is 1. The number of halogens is 1. The van der Waals surface area contributed by atoms with Gasteiger partial charge < -0.3 is 4.90 Å². The van der Waals surface area contributed by atoms with Gasteiger partial charge in [0.1, 0.15) is 6.17 Å². The van der Waals surface area contributed by atoms with Gasteiger partial charge in [0.2, 0.25) is 5.91 Å². The molecule has 0 aliphatic carbocycles. The number of rotatable bonds is 4. The molecule has 0 radical (unpaired) electrons. The van der Waals surface area contributed by atoms with E-state index >= 15 is 0 Å². The van der Waals surface area contributed by atoms with Crippen molar-refractivity contribution in [2.75, 3.05) is 0 Å². The molecule has 1 aliphatic rings. The Labute approximate surface area is 126 Å². The fraction of sp³-hybridized carbons (Fsp3) is 0.562. The van der Waals surface area contributed by atoms with Gasteiger partial charge in [-0.05, 0) is 37.0 Å². The highest BCUT2D eigenvalue weighted by Gasteiger charge is 2.42. The molecule has 1 aromatic rings. The minimum absolute atomic E-state index is 0.0800. The van der Waals surface area contributed by atoms with Gasteiger partial charge in [0.25, 0.3) is 0 Å². The summed E-state index contributed by atoms with van der Waals surface area (Å²) in [5, 5.41) is 4.17. The Hall–Kier alpha value is -1.06. The van der Waals surface area contributed by atoms with Gasteiger partial charge in [-0.15, -0.1) is 0 Å². The van der Waals surface area contributed by atoms with E-state index in [1.54, 1.807) is 0 Å². The van der Waals surface area contributed by atoms with Gasteiger partial charge in [0.05, 0.1) is 6.04 Å².